The van der Waals surface area contributed by atoms with Crippen LogP contribution in [0.25, 0.3) is 0 Å². The predicted octanol–water partition coefficient (Wildman–Crippen LogP) is 1.34. The molecule has 0 saturated carbocycles. The maximum atomic E-state index is 12.1. The molecule has 1 saturated heterocycles. The molecular formula is C14H20ClN3O. The van der Waals surface area contributed by atoms with Gasteiger partial charge in [-0.3, -0.25) is 9.69 Å². The summed E-state index contributed by atoms with van der Waals surface area (Å²) in [5.41, 5.74) is 5.62. The molecule has 4 nitrogen and oxygen atoms in total. The van der Waals surface area contributed by atoms with Crippen LogP contribution in [0.5, 0.6) is 0 Å². The van der Waals surface area contributed by atoms with E-state index in [4.69, 9.17) is 17.3 Å². The van der Waals surface area contributed by atoms with E-state index in [-0.39, 0.29) is 5.91 Å². The third-order valence-electron chi connectivity index (χ3n) is 3.85. The van der Waals surface area contributed by atoms with E-state index in [1.807, 2.05) is 25.1 Å². The van der Waals surface area contributed by atoms with Crippen LogP contribution >= 0.6 is 11.6 Å². The van der Waals surface area contributed by atoms with Crippen molar-refractivity contribution in [1.29, 1.82) is 0 Å². The van der Waals surface area contributed by atoms with Crippen LogP contribution in [0.1, 0.15) is 18.9 Å². The second kappa shape index (κ2) is 5.90. The first-order valence-corrected chi connectivity index (χ1v) is 6.95. The van der Waals surface area contributed by atoms with Crippen LogP contribution in [0.15, 0.2) is 24.3 Å². The van der Waals surface area contributed by atoms with Crippen molar-refractivity contribution in [2.45, 2.75) is 18.9 Å². The molecule has 2 rings (SSSR count). The Morgan fingerprint density at radius 3 is 2.79 bits per heavy atom. The number of carbonyl (C=O) groups excluding carboxylic acids is 1. The molecule has 1 unspecified atom stereocenters. The van der Waals surface area contributed by atoms with Gasteiger partial charge < -0.3 is 11.1 Å². The summed E-state index contributed by atoms with van der Waals surface area (Å²) in [5.74, 6) is -0.359. The van der Waals surface area contributed by atoms with E-state index < -0.39 is 5.54 Å². The van der Waals surface area contributed by atoms with Crippen molar-refractivity contribution in [3.63, 3.8) is 0 Å². The number of rotatable bonds is 3. The van der Waals surface area contributed by atoms with Crippen molar-refractivity contribution < 1.29 is 4.79 Å². The number of hydrogen-bond donors (Lipinski definition) is 2. The summed E-state index contributed by atoms with van der Waals surface area (Å²) in [6.07, 6.45) is 0.993. The molecule has 104 valence electrons. The average molecular weight is 282 g/mol. The van der Waals surface area contributed by atoms with E-state index in [1.54, 1.807) is 6.07 Å². The molecule has 1 amide bonds. The molecule has 1 fully saturated rings. The quantitative estimate of drug-likeness (QED) is 0.879. The second-order valence-electron chi connectivity index (χ2n) is 5.01. The Bertz CT molecular complexity index is 458. The van der Waals surface area contributed by atoms with Crippen LogP contribution in [-0.4, -0.2) is 37.0 Å². The van der Waals surface area contributed by atoms with Crippen molar-refractivity contribution >= 4 is 17.5 Å². The fourth-order valence-corrected chi connectivity index (χ4v) is 2.93. The van der Waals surface area contributed by atoms with Gasteiger partial charge in [-0.2, -0.15) is 0 Å². The minimum absolute atomic E-state index is 0.359. The summed E-state index contributed by atoms with van der Waals surface area (Å²) in [6.45, 7) is 5.30. The number of carbonyl (C=O) groups is 1. The van der Waals surface area contributed by atoms with Gasteiger partial charge in [-0.25, -0.2) is 0 Å². The van der Waals surface area contributed by atoms with Gasteiger partial charge in [0.05, 0.1) is 0 Å². The van der Waals surface area contributed by atoms with Crippen molar-refractivity contribution in [1.82, 2.24) is 10.2 Å². The first-order chi connectivity index (χ1) is 9.06. The SMILES string of the molecule is CC(C(N)=O)(c1ccccc1Cl)N1CCCNCC1. The largest absolute Gasteiger partial charge is 0.368 e. The third-order valence-corrected chi connectivity index (χ3v) is 4.18. The zero-order valence-electron chi connectivity index (χ0n) is 11.2. The maximum Gasteiger partial charge on any atom is 0.242 e. The first-order valence-electron chi connectivity index (χ1n) is 6.57. The number of hydrogen-bond acceptors (Lipinski definition) is 3. The van der Waals surface area contributed by atoms with Gasteiger partial charge in [0.2, 0.25) is 5.91 Å². The number of nitrogens with zero attached hydrogens (tertiary/aromatic N) is 1. The zero-order valence-corrected chi connectivity index (χ0v) is 11.9. The smallest absolute Gasteiger partial charge is 0.242 e. The summed E-state index contributed by atoms with van der Waals surface area (Å²) in [4.78, 5) is 14.2. The summed E-state index contributed by atoms with van der Waals surface area (Å²) in [7, 11) is 0. The van der Waals surface area contributed by atoms with E-state index in [9.17, 15) is 4.79 Å². The molecule has 0 aliphatic carbocycles. The van der Waals surface area contributed by atoms with Gasteiger partial charge >= 0.3 is 0 Å². The zero-order chi connectivity index (χ0) is 13.9. The lowest BCUT2D eigenvalue weighted by Crippen LogP contribution is -2.54. The van der Waals surface area contributed by atoms with Crippen molar-refractivity contribution in [2.24, 2.45) is 5.73 Å². The minimum Gasteiger partial charge on any atom is -0.368 e. The molecular weight excluding hydrogens is 262 g/mol. The van der Waals surface area contributed by atoms with Gasteiger partial charge in [-0.05, 0) is 26.0 Å². The van der Waals surface area contributed by atoms with Crippen LogP contribution in [0, 0.1) is 0 Å². The fourth-order valence-electron chi connectivity index (χ4n) is 2.61. The van der Waals surface area contributed by atoms with Gasteiger partial charge in [-0.15, -0.1) is 0 Å². The van der Waals surface area contributed by atoms with E-state index in [0.29, 0.717) is 5.02 Å². The number of primary amides is 1. The first kappa shape index (κ1) is 14.3. The molecule has 19 heavy (non-hydrogen) atoms. The molecule has 0 radical (unpaired) electrons. The summed E-state index contributed by atoms with van der Waals surface area (Å²) >= 11 is 6.26. The fraction of sp³-hybridized carbons (Fsp3) is 0.500. The number of halogens is 1. The molecule has 1 aliphatic heterocycles. The standard InChI is InChI=1S/C14H20ClN3O/c1-14(13(16)19,11-5-2-3-6-12(11)15)18-9-4-7-17-8-10-18/h2-3,5-6,17H,4,7-10H2,1H3,(H2,16,19). The lowest BCUT2D eigenvalue weighted by atomic mass is 9.88. The van der Waals surface area contributed by atoms with Crippen molar-refractivity contribution in [3.05, 3.63) is 34.9 Å². The van der Waals surface area contributed by atoms with E-state index in [1.165, 1.54) is 0 Å². The Morgan fingerprint density at radius 1 is 1.37 bits per heavy atom. The highest BCUT2D eigenvalue weighted by atomic mass is 35.5. The Labute approximate surface area is 118 Å². The molecule has 1 heterocycles. The third kappa shape index (κ3) is 2.76. The lowest BCUT2D eigenvalue weighted by molar-refractivity contribution is -0.129. The highest BCUT2D eigenvalue weighted by Crippen LogP contribution is 2.33. The molecule has 1 aromatic rings. The summed E-state index contributed by atoms with van der Waals surface area (Å²) < 4.78 is 0. The summed E-state index contributed by atoms with van der Waals surface area (Å²) in [5, 5.41) is 3.91. The predicted molar refractivity (Wildman–Crippen MR) is 77.1 cm³/mol. The Morgan fingerprint density at radius 2 is 2.11 bits per heavy atom. The molecule has 0 aromatic heterocycles. The van der Waals surface area contributed by atoms with Gasteiger partial charge in [0.25, 0.3) is 0 Å². The number of nitrogens with two attached hydrogens (primary N) is 1. The van der Waals surface area contributed by atoms with Crippen LogP contribution < -0.4 is 11.1 Å². The van der Waals surface area contributed by atoms with Gasteiger partial charge in [0.1, 0.15) is 5.54 Å². The maximum absolute atomic E-state index is 12.1. The molecule has 1 atom stereocenters. The van der Waals surface area contributed by atoms with Gasteiger partial charge in [0, 0.05) is 30.2 Å². The van der Waals surface area contributed by atoms with Crippen molar-refractivity contribution in [3.8, 4) is 0 Å². The van der Waals surface area contributed by atoms with E-state index in [0.717, 1.165) is 38.2 Å². The van der Waals surface area contributed by atoms with Crippen molar-refractivity contribution in [2.75, 3.05) is 26.2 Å². The molecule has 3 N–H and O–H groups in total. The summed E-state index contributed by atoms with van der Waals surface area (Å²) in [6, 6.07) is 7.43. The van der Waals surface area contributed by atoms with E-state index in [2.05, 4.69) is 10.2 Å². The number of benzene rings is 1. The average Bonchev–Trinajstić information content (AvgIpc) is 2.67. The van der Waals surface area contributed by atoms with Gasteiger partial charge in [-0.1, -0.05) is 29.8 Å². The molecule has 0 bridgehead atoms. The van der Waals surface area contributed by atoms with Crippen LogP contribution in [-0.2, 0) is 10.3 Å². The monoisotopic (exact) mass is 281 g/mol. The van der Waals surface area contributed by atoms with Crippen LogP contribution in [0.3, 0.4) is 0 Å². The highest BCUT2D eigenvalue weighted by Gasteiger charge is 2.40. The molecule has 1 aromatic carbocycles. The minimum atomic E-state index is -0.857. The Kier molecular flexibility index (Phi) is 4.45. The second-order valence-corrected chi connectivity index (χ2v) is 5.41. The van der Waals surface area contributed by atoms with Gasteiger partial charge in [0.15, 0.2) is 0 Å². The van der Waals surface area contributed by atoms with Crippen LogP contribution in [0.2, 0.25) is 5.02 Å². The van der Waals surface area contributed by atoms with Crippen LogP contribution in [0.4, 0.5) is 0 Å². The lowest BCUT2D eigenvalue weighted by Gasteiger charge is -2.39. The molecule has 1 aliphatic rings. The number of nitrogens with one attached hydrogen (secondary N) is 1. The highest BCUT2D eigenvalue weighted by molar-refractivity contribution is 6.31. The Balaban J connectivity index is 2.42. The Hall–Kier alpha value is -1.10. The normalized spacial score (nSPS) is 20.5. The topological polar surface area (TPSA) is 58.4 Å². The number of amides is 1. The molecule has 5 heteroatoms. The molecule has 0 spiro atoms. The van der Waals surface area contributed by atoms with E-state index >= 15 is 0 Å².